The number of halogens is 6. The maximum absolute atomic E-state index is 13.2. The lowest BCUT2D eigenvalue weighted by Crippen LogP contribution is -2.52. The summed E-state index contributed by atoms with van der Waals surface area (Å²) in [6, 6.07) is 5.49. The second-order valence-electron chi connectivity index (χ2n) is 8.46. The Morgan fingerprint density at radius 2 is 1.73 bits per heavy atom. The van der Waals surface area contributed by atoms with Gasteiger partial charge in [-0.25, -0.2) is 4.79 Å². The average Bonchev–Trinajstić information content (AvgIpc) is 3.44. The van der Waals surface area contributed by atoms with E-state index in [9.17, 15) is 31.1 Å². The molecule has 0 aromatic heterocycles. The molecule has 0 bridgehead atoms. The number of carboxylic acids is 1. The van der Waals surface area contributed by atoms with Gasteiger partial charge in [0.05, 0.1) is 0 Å². The first-order valence-electron chi connectivity index (χ1n) is 10.2. The van der Waals surface area contributed by atoms with Crippen molar-refractivity contribution in [2.24, 2.45) is 27.3 Å². The number of carboxylic acid groups (broad SMARTS) is 1. The minimum absolute atomic E-state index is 0.00992. The number of carbonyl (C=O) groups is 2. The number of aliphatic carboxylic acids is 1. The van der Waals surface area contributed by atoms with Gasteiger partial charge in [0.25, 0.3) is 5.91 Å². The molecule has 1 aliphatic heterocycles. The first-order chi connectivity index (χ1) is 15.3. The predicted molar refractivity (Wildman–Crippen MR) is 102 cm³/mol. The number of alkyl halides is 6. The van der Waals surface area contributed by atoms with Crippen LogP contribution >= 0.6 is 0 Å². The number of benzene rings is 1. The van der Waals surface area contributed by atoms with Crippen LogP contribution in [0.5, 0.6) is 0 Å². The second-order valence-corrected chi connectivity index (χ2v) is 8.46. The molecule has 1 aromatic rings. The van der Waals surface area contributed by atoms with E-state index in [1.54, 1.807) is 0 Å². The molecule has 3 aliphatic rings. The van der Waals surface area contributed by atoms with Crippen LogP contribution in [0.15, 0.2) is 34.5 Å². The summed E-state index contributed by atoms with van der Waals surface area (Å²) in [5.41, 5.74) is 3.55. The lowest BCUT2D eigenvalue weighted by molar-refractivity contribution is -0.192. The van der Waals surface area contributed by atoms with Gasteiger partial charge in [-0.05, 0) is 55.7 Å². The minimum Gasteiger partial charge on any atom is -0.475 e. The Hall–Kier alpha value is -2.70. The van der Waals surface area contributed by atoms with Gasteiger partial charge in [-0.2, -0.15) is 26.3 Å². The average molecular weight is 480 g/mol. The van der Waals surface area contributed by atoms with E-state index < -0.39 is 24.0 Å². The van der Waals surface area contributed by atoms with Crippen LogP contribution in [-0.2, 0) is 10.5 Å². The van der Waals surface area contributed by atoms with Gasteiger partial charge in [-0.1, -0.05) is 18.6 Å². The number of nitrogens with one attached hydrogen (secondary N) is 1. The van der Waals surface area contributed by atoms with Gasteiger partial charge in [0, 0.05) is 17.2 Å². The summed E-state index contributed by atoms with van der Waals surface area (Å²) in [6.07, 6.45) is -4.36. The Morgan fingerprint density at radius 3 is 2.15 bits per heavy atom. The molecule has 1 heterocycles. The Balaban J connectivity index is 0.000000383. The number of rotatable bonds is 4. The van der Waals surface area contributed by atoms with Crippen molar-refractivity contribution in [3.05, 3.63) is 35.4 Å². The van der Waals surface area contributed by atoms with E-state index in [2.05, 4.69) is 15.5 Å². The van der Waals surface area contributed by atoms with Crippen LogP contribution in [0.1, 0.15) is 48.0 Å². The minimum atomic E-state index is -5.08. The zero-order valence-electron chi connectivity index (χ0n) is 17.2. The molecule has 2 unspecified atom stereocenters. The number of hydrogen-bond acceptors (Lipinski definition) is 5. The molecule has 13 heteroatoms. The Morgan fingerprint density at radius 1 is 1.12 bits per heavy atom. The fourth-order valence-corrected chi connectivity index (χ4v) is 4.56. The molecule has 2 atom stereocenters. The third kappa shape index (κ3) is 4.82. The topological polar surface area (TPSA) is 117 Å². The monoisotopic (exact) mass is 480 g/mol. The van der Waals surface area contributed by atoms with Crippen LogP contribution in [0, 0.1) is 11.3 Å². The van der Waals surface area contributed by atoms with Crippen molar-refractivity contribution in [1.29, 1.82) is 0 Å². The molecule has 4 N–H and O–H groups in total. The van der Waals surface area contributed by atoms with Gasteiger partial charge in [0.2, 0.25) is 0 Å². The highest BCUT2D eigenvalue weighted by molar-refractivity contribution is 5.94. The largest absolute Gasteiger partial charge is 0.490 e. The number of nitrogens with two attached hydrogens (primary N) is 1. The molecule has 1 spiro atoms. The zero-order valence-corrected chi connectivity index (χ0v) is 17.2. The lowest BCUT2D eigenvalue weighted by Gasteiger charge is -2.45. The lowest BCUT2D eigenvalue weighted by atomic mass is 9.64. The Bertz CT molecular complexity index is 936. The molecular formula is C20H22F6N4O3. The highest BCUT2D eigenvalue weighted by Crippen LogP contribution is 2.55. The van der Waals surface area contributed by atoms with E-state index in [4.69, 9.17) is 15.6 Å². The van der Waals surface area contributed by atoms with Gasteiger partial charge in [0.1, 0.15) is 0 Å². The summed E-state index contributed by atoms with van der Waals surface area (Å²) in [7, 11) is 0. The van der Waals surface area contributed by atoms with Crippen molar-refractivity contribution >= 4 is 11.9 Å². The third-order valence-electron chi connectivity index (χ3n) is 6.55. The molecular weight excluding hydrogens is 458 g/mol. The third-order valence-corrected chi connectivity index (χ3v) is 6.55. The number of carbonyl (C=O) groups excluding carboxylic acids is 1. The van der Waals surface area contributed by atoms with Crippen molar-refractivity contribution in [2.45, 2.75) is 56.2 Å². The number of amides is 1. The summed E-state index contributed by atoms with van der Waals surface area (Å²) in [6.45, 7) is 0.502. The first-order valence-corrected chi connectivity index (χ1v) is 10.2. The molecule has 33 heavy (non-hydrogen) atoms. The van der Waals surface area contributed by atoms with E-state index in [1.807, 2.05) is 0 Å². The van der Waals surface area contributed by atoms with Gasteiger partial charge < -0.3 is 16.2 Å². The molecule has 7 nitrogen and oxygen atoms in total. The van der Waals surface area contributed by atoms with Gasteiger partial charge in [0.15, 0.2) is 0 Å². The Labute approximate surface area is 184 Å². The standard InChI is InChI=1S/C18H21F3N4O.C2HF3O2/c19-18(20,21)17(24-25-17)13-4-1-3-11(9-13)15(26)23-14-12(10-22)5-8-16(14)6-2-7-16;3-2(4,5)1(6)7/h1,3-4,9,12,14H,2,5-8,10,22H2,(H,23,26);(H,6,7). The quantitative estimate of drug-likeness (QED) is 0.562. The molecule has 182 valence electrons. The van der Waals surface area contributed by atoms with E-state index >= 15 is 0 Å². The highest BCUT2D eigenvalue weighted by atomic mass is 19.4. The number of nitrogens with zero attached hydrogens (tertiary/aromatic N) is 2. The van der Waals surface area contributed by atoms with Crippen LogP contribution in [0.3, 0.4) is 0 Å². The summed E-state index contributed by atoms with van der Waals surface area (Å²) in [4.78, 5) is 21.6. The molecule has 0 radical (unpaired) electrons. The summed E-state index contributed by atoms with van der Waals surface area (Å²) >= 11 is 0. The molecule has 2 aliphatic carbocycles. The molecule has 4 rings (SSSR count). The van der Waals surface area contributed by atoms with Crippen LogP contribution in [0.2, 0.25) is 0 Å². The molecule has 2 saturated carbocycles. The fraction of sp³-hybridized carbons (Fsp3) is 0.600. The first kappa shape index (κ1) is 24.9. The molecule has 0 saturated heterocycles. The summed E-state index contributed by atoms with van der Waals surface area (Å²) in [5, 5.41) is 16.6. The maximum Gasteiger partial charge on any atom is 0.490 e. The second kappa shape index (κ2) is 8.58. The van der Waals surface area contributed by atoms with Gasteiger partial charge >= 0.3 is 24.0 Å². The molecule has 2 fully saturated rings. The van der Waals surface area contributed by atoms with Crippen molar-refractivity contribution in [2.75, 3.05) is 6.54 Å². The molecule has 1 amide bonds. The van der Waals surface area contributed by atoms with E-state index in [0.29, 0.717) is 6.54 Å². The maximum atomic E-state index is 13.2. The van der Waals surface area contributed by atoms with Crippen LogP contribution in [0.4, 0.5) is 26.3 Å². The normalized spacial score (nSPS) is 24.5. The van der Waals surface area contributed by atoms with Crippen molar-refractivity contribution in [3.8, 4) is 0 Å². The van der Waals surface area contributed by atoms with Crippen molar-refractivity contribution < 1.29 is 41.0 Å². The van der Waals surface area contributed by atoms with E-state index in [0.717, 1.165) is 32.1 Å². The van der Waals surface area contributed by atoms with Crippen molar-refractivity contribution in [1.82, 2.24) is 5.32 Å². The summed E-state index contributed by atoms with van der Waals surface area (Å²) < 4.78 is 71.3. The fourth-order valence-electron chi connectivity index (χ4n) is 4.56. The van der Waals surface area contributed by atoms with E-state index in [-0.39, 0.29) is 34.4 Å². The van der Waals surface area contributed by atoms with Crippen LogP contribution in [0.25, 0.3) is 0 Å². The zero-order chi connectivity index (χ0) is 24.7. The molecule has 1 aromatic carbocycles. The smallest absolute Gasteiger partial charge is 0.475 e. The number of hydrogen-bond donors (Lipinski definition) is 3. The SMILES string of the molecule is NCC1CCC2(CCC2)C1NC(=O)c1cccc(C2(C(F)(F)F)N=N2)c1.O=C(O)C(F)(F)F. The Kier molecular flexibility index (Phi) is 6.48. The van der Waals surface area contributed by atoms with E-state index in [1.165, 1.54) is 24.3 Å². The highest BCUT2D eigenvalue weighted by Gasteiger charge is 2.65. The van der Waals surface area contributed by atoms with Crippen LogP contribution < -0.4 is 11.1 Å². The van der Waals surface area contributed by atoms with Crippen LogP contribution in [-0.4, -0.2) is 41.9 Å². The van der Waals surface area contributed by atoms with Gasteiger partial charge in [-0.15, -0.1) is 10.2 Å². The predicted octanol–water partition coefficient (Wildman–Crippen LogP) is 4.14. The van der Waals surface area contributed by atoms with Crippen molar-refractivity contribution in [3.63, 3.8) is 0 Å². The van der Waals surface area contributed by atoms with Gasteiger partial charge in [-0.3, -0.25) is 4.79 Å². The summed E-state index contributed by atoms with van der Waals surface area (Å²) in [5.74, 6) is -2.90.